The van der Waals surface area contributed by atoms with Gasteiger partial charge in [-0.15, -0.1) is 0 Å². The fourth-order valence-corrected chi connectivity index (χ4v) is 3.20. The molecule has 0 saturated carbocycles. The van der Waals surface area contributed by atoms with E-state index in [1.54, 1.807) is 0 Å². The van der Waals surface area contributed by atoms with Crippen molar-refractivity contribution in [3.8, 4) is 6.07 Å². The monoisotopic (exact) mass is 485 g/mol. The van der Waals surface area contributed by atoms with Crippen LogP contribution in [0.15, 0.2) is 27.7 Å². The lowest BCUT2D eigenvalue weighted by Crippen LogP contribution is -2.23. The molecule has 14 heteroatoms. The fraction of sp³-hybridized carbons (Fsp3) is 0.167. The number of aliphatic imine (C=N–C) groups is 1. The van der Waals surface area contributed by atoms with E-state index in [1.807, 2.05) is 0 Å². The number of rotatable bonds is 3. The average Bonchev–Trinajstić information content (AvgIpc) is 2.48. The molecule has 0 aliphatic rings. The topological polar surface area (TPSA) is 79.2 Å². The van der Waals surface area contributed by atoms with Gasteiger partial charge in [-0.05, 0) is 28.1 Å². The first-order valence-corrected chi connectivity index (χ1v) is 8.21. The molecule has 0 fully saturated rings. The van der Waals surface area contributed by atoms with Gasteiger partial charge >= 0.3 is 11.7 Å². The van der Waals surface area contributed by atoms with Crippen molar-refractivity contribution in [1.82, 2.24) is 0 Å². The maximum absolute atomic E-state index is 13.9. The second-order valence-corrected chi connectivity index (χ2v) is 6.82. The predicted octanol–water partition coefficient (Wildman–Crippen LogP) is 4.89. The van der Waals surface area contributed by atoms with Crippen LogP contribution < -0.4 is 5.73 Å². The SMILES string of the molecule is N#CC(N)=C(C(Br)=Nc1c(F)cc(C(F)(F)F)cc1Cl)S(=O)C(F)(F)F. The molecule has 142 valence electrons. The van der Waals surface area contributed by atoms with E-state index in [2.05, 4.69) is 20.9 Å². The van der Waals surface area contributed by atoms with Crippen LogP contribution in [-0.4, -0.2) is 14.3 Å². The Kier molecular flexibility index (Phi) is 6.83. The zero-order valence-electron chi connectivity index (χ0n) is 11.8. The van der Waals surface area contributed by atoms with E-state index in [9.17, 15) is 34.9 Å². The van der Waals surface area contributed by atoms with E-state index in [0.717, 1.165) is 6.07 Å². The lowest BCUT2D eigenvalue weighted by Gasteiger charge is -2.12. The maximum atomic E-state index is 13.9. The highest BCUT2D eigenvalue weighted by Crippen LogP contribution is 2.38. The van der Waals surface area contributed by atoms with E-state index >= 15 is 0 Å². The molecule has 0 radical (unpaired) electrons. The van der Waals surface area contributed by atoms with E-state index in [4.69, 9.17) is 22.6 Å². The Balaban J connectivity index is 3.57. The Morgan fingerprint density at radius 2 is 1.81 bits per heavy atom. The van der Waals surface area contributed by atoms with Crippen molar-refractivity contribution >= 4 is 48.6 Å². The molecule has 0 bridgehead atoms. The summed E-state index contributed by atoms with van der Waals surface area (Å²) in [6.07, 6.45) is -4.93. The minimum absolute atomic E-state index is 0.0166. The second-order valence-electron chi connectivity index (χ2n) is 4.26. The molecule has 2 N–H and O–H groups in total. The molecule has 0 heterocycles. The van der Waals surface area contributed by atoms with E-state index in [-0.39, 0.29) is 6.07 Å². The van der Waals surface area contributed by atoms with Crippen LogP contribution >= 0.6 is 27.5 Å². The van der Waals surface area contributed by atoms with Gasteiger partial charge in [-0.2, -0.15) is 31.6 Å². The Labute approximate surface area is 156 Å². The molecule has 0 aromatic heterocycles. The third-order valence-electron chi connectivity index (χ3n) is 2.50. The van der Waals surface area contributed by atoms with Crippen molar-refractivity contribution in [2.45, 2.75) is 11.7 Å². The van der Waals surface area contributed by atoms with Crippen LogP contribution in [0.5, 0.6) is 0 Å². The molecular weight excluding hydrogens is 483 g/mol. The largest absolute Gasteiger partial charge is 0.476 e. The molecular formula is C12H4BrClF7N3OS. The molecule has 26 heavy (non-hydrogen) atoms. The van der Waals surface area contributed by atoms with Gasteiger partial charge < -0.3 is 5.73 Å². The minimum atomic E-state index is -5.34. The molecule has 0 aliphatic heterocycles. The first-order valence-electron chi connectivity index (χ1n) is 5.89. The Morgan fingerprint density at radius 3 is 2.19 bits per heavy atom. The summed E-state index contributed by atoms with van der Waals surface area (Å²) < 4.78 is 99.9. The zero-order valence-corrected chi connectivity index (χ0v) is 15.0. The van der Waals surface area contributed by atoms with Crippen molar-refractivity contribution < 1.29 is 34.9 Å². The van der Waals surface area contributed by atoms with E-state index < -0.39 is 59.8 Å². The van der Waals surface area contributed by atoms with Gasteiger partial charge in [0.15, 0.2) is 16.6 Å². The minimum Gasteiger partial charge on any atom is -0.389 e. The molecule has 1 aromatic carbocycles. The van der Waals surface area contributed by atoms with Gasteiger partial charge in [0, 0.05) is 0 Å². The molecule has 0 spiro atoms. The first kappa shape index (κ1) is 22.4. The first-order chi connectivity index (χ1) is 11.7. The van der Waals surface area contributed by atoms with Gasteiger partial charge in [-0.25, -0.2) is 13.6 Å². The van der Waals surface area contributed by atoms with Crippen molar-refractivity contribution in [2.75, 3.05) is 0 Å². The van der Waals surface area contributed by atoms with Crippen LogP contribution in [0.4, 0.5) is 36.4 Å². The Bertz CT molecular complexity index is 835. The van der Waals surface area contributed by atoms with Crippen LogP contribution in [0.1, 0.15) is 5.56 Å². The summed E-state index contributed by atoms with van der Waals surface area (Å²) in [6.45, 7) is 0. The number of hydrogen-bond donors (Lipinski definition) is 1. The zero-order chi connectivity index (χ0) is 20.4. The number of benzene rings is 1. The van der Waals surface area contributed by atoms with Gasteiger partial charge in [-0.3, -0.25) is 0 Å². The molecule has 1 rings (SSSR count). The third kappa shape index (κ3) is 5.18. The number of halogens is 9. The third-order valence-corrected chi connectivity index (χ3v) is 4.83. The predicted molar refractivity (Wildman–Crippen MR) is 83.5 cm³/mol. The Morgan fingerprint density at radius 1 is 1.27 bits per heavy atom. The summed E-state index contributed by atoms with van der Waals surface area (Å²) in [7, 11) is -3.83. The number of nitrogens with zero attached hydrogens (tertiary/aromatic N) is 2. The van der Waals surface area contributed by atoms with Crippen molar-refractivity contribution in [3.63, 3.8) is 0 Å². The highest BCUT2D eigenvalue weighted by molar-refractivity contribution is 9.18. The van der Waals surface area contributed by atoms with Gasteiger partial charge in [0.25, 0.3) is 0 Å². The number of nitrogens with two attached hydrogens (primary N) is 1. The van der Waals surface area contributed by atoms with Gasteiger partial charge in [0.1, 0.15) is 27.0 Å². The molecule has 4 nitrogen and oxygen atoms in total. The molecule has 1 aromatic rings. The van der Waals surface area contributed by atoms with Gasteiger partial charge in [0.2, 0.25) is 0 Å². The summed E-state index contributed by atoms with van der Waals surface area (Å²) in [5, 5.41) is 7.75. The summed E-state index contributed by atoms with van der Waals surface area (Å²) in [5.41, 5.74) is -3.86. The summed E-state index contributed by atoms with van der Waals surface area (Å²) in [5.74, 6) is -1.62. The number of hydrogen-bond acceptors (Lipinski definition) is 4. The van der Waals surface area contributed by atoms with Crippen molar-refractivity contribution in [1.29, 1.82) is 5.26 Å². The lowest BCUT2D eigenvalue weighted by molar-refractivity contribution is -0.137. The molecule has 0 saturated heterocycles. The van der Waals surface area contributed by atoms with Crippen LogP contribution in [0.3, 0.4) is 0 Å². The highest BCUT2D eigenvalue weighted by atomic mass is 79.9. The Hall–Kier alpha value is -1.65. The van der Waals surface area contributed by atoms with Crippen molar-refractivity contribution in [2.24, 2.45) is 10.7 Å². The van der Waals surface area contributed by atoms with Crippen LogP contribution in [0, 0.1) is 17.1 Å². The number of alkyl halides is 6. The van der Waals surface area contributed by atoms with Crippen molar-refractivity contribution in [3.05, 3.63) is 39.1 Å². The maximum Gasteiger partial charge on any atom is 0.476 e. The molecule has 1 unspecified atom stereocenters. The lowest BCUT2D eigenvalue weighted by atomic mass is 10.2. The van der Waals surface area contributed by atoms with E-state index in [1.165, 1.54) is 0 Å². The molecule has 1 atom stereocenters. The summed E-state index contributed by atoms with van der Waals surface area (Å²) in [6, 6.07) is 1.43. The summed E-state index contributed by atoms with van der Waals surface area (Å²) >= 11 is 7.96. The number of nitriles is 1. The second kappa shape index (κ2) is 7.93. The standard InChI is InChI=1S/C12H4BrClF7N3OS/c13-10(9(7(23)3-22)26(25)12(19,20)21)24-8-5(14)1-4(2-6(8)15)11(16,17)18/h1-2H,23H2. The van der Waals surface area contributed by atoms with Gasteiger partial charge in [-0.1, -0.05) is 11.6 Å². The fourth-order valence-electron chi connectivity index (χ4n) is 1.44. The molecule has 0 aliphatic carbocycles. The molecule has 0 amide bonds. The smallest absolute Gasteiger partial charge is 0.389 e. The number of allylic oxidation sites excluding steroid dienone is 2. The van der Waals surface area contributed by atoms with E-state index in [0.29, 0.717) is 6.07 Å². The average molecular weight is 487 g/mol. The van der Waals surface area contributed by atoms with Gasteiger partial charge in [0.05, 0.1) is 10.6 Å². The normalized spacial score (nSPS) is 15.3. The van der Waals surface area contributed by atoms with Crippen LogP contribution in [0.2, 0.25) is 5.02 Å². The van der Waals surface area contributed by atoms with Crippen LogP contribution in [0.25, 0.3) is 0 Å². The highest BCUT2D eigenvalue weighted by Gasteiger charge is 2.42. The quantitative estimate of drug-likeness (QED) is 0.376. The van der Waals surface area contributed by atoms with Crippen LogP contribution in [-0.2, 0) is 17.0 Å². The summed E-state index contributed by atoms with van der Waals surface area (Å²) in [4.78, 5) is 1.92.